The molecule has 3 heterocycles. The van der Waals surface area contributed by atoms with Crippen LogP contribution in [0.15, 0.2) is 30.3 Å². The lowest BCUT2D eigenvalue weighted by Gasteiger charge is -2.36. The van der Waals surface area contributed by atoms with Gasteiger partial charge in [0.2, 0.25) is 6.10 Å². The molecule has 2 aliphatic heterocycles. The number of benzene rings is 1. The summed E-state index contributed by atoms with van der Waals surface area (Å²) in [5.41, 5.74) is 2.16. The Morgan fingerprint density at radius 3 is 2.80 bits per heavy atom. The van der Waals surface area contributed by atoms with Gasteiger partial charge in [-0.25, -0.2) is 0 Å². The number of para-hydroxylation sites is 2. The third kappa shape index (κ3) is 3.08. The van der Waals surface area contributed by atoms with Gasteiger partial charge >= 0.3 is 0 Å². The Hall–Kier alpha value is -2.50. The highest BCUT2D eigenvalue weighted by molar-refractivity contribution is 5.82. The predicted octanol–water partition coefficient (Wildman–Crippen LogP) is 2.50. The second-order valence-electron chi connectivity index (χ2n) is 6.82. The van der Waals surface area contributed by atoms with Crippen LogP contribution in [0.3, 0.4) is 0 Å². The first-order valence-electron chi connectivity index (χ1n) is 8.82. The standard InChI is InChI=1S/C19H23N3O3/c1-13-10-14(2)22(20-13)15-6-5-9-21(11-15)19(23)18-12-24-16-7-3-4-8-17(16)25-18/h3-4,7-8,10,15,18H,5-6,9,11-12H2,1-2H3/t15-,18+/m1/s1. The maximum atomic E-state index is 12.9. The largest absolute Gasteiger partial charge is 0.485 e. The number of hydrogen-bond donors (Lipinski definition) is 0. The fraction of sp³-hybridized carbons (Fsp3) is 0.474. The topological polar surface area (TPSA) is 56.6 Å². The first-order chi connectivity index (χ1) is 12.1. The lowest BCUT2D eigenvalue weighted by molar-refractivity contribution is -0.143. The first-order valence-corrected chi connectivity index (χ1v) is 8.82. The van der Waals surface area contributed by atoms with E-state index in [1.807, 2.05) is 36.1 Å². The molecule has 132 valence electrons. The van der Waals surface area contributed by atoms with E-state index >= 15 is 0 Å². The molecule has 0 N–H and O–H groups in total. The van der Waals surface area contributed by atoms with E-state index in [1.165, 1.54) is 0 Å². The van der Waals surface area contributed by atoms with E-state index in [0.717, 1.165) is 30.8 Å². The van der Waals surface area contributed by atoms with Crippen molar-refractivity contribution in [3.05, 3.63) is 41.7 Å². The van der Waals surface area contributed by atoms with Gasteiger partial charge in [0.1, 0.15) is 6.61 Å². The summed E-state index contributed by atoms with van der Waals surface area (Å²) in [6.45, 7) is 5.76. The van der Waals surface area contributed by atoms with Gasteiger partial charge in [0.05, 0.1) is 11.7 Å². The van der Waals surface area contributed by atoms with Crippen LogP contribution >= 0.6 is 0 Å². The minimum absolute atomic E-state index is 0.000680. The Morgan fingerprint density at radius 2 is 2.04 bits per heavy atom. The molecular weight excluding hydrogens is 318 g/mol. The molecule has 2 atom stereocenters. The van der Waals surface area contributed by atoms with Gasteiger partial charge in [-0.2, -0.15) is 5.10 Å². The van der Waals surface area contributed by atoms with Crippen LogP contribution in [0.4, 0.5) is 0 Å². The van der Waals surface area contributed by atoms with Crippen molar-refractivity contribution in [1.82, 2.24) is 14.7 Å². The summed E-state index contributed by atoms with van der Waals surface area (Å²) in [6, 6.07) is 9.78. The van der Waals surface area contributed by atoms with E-state index in [2.05, 4.69) is 22.8 Å². The zero-order valence-electron chi connectivity index (χ0n) is 14.6. The smallest absolute Gasteiger partial charge is 0.267 e. The Labute approximate surface area is 147 Å². The van der Waals surface area contributed by atoms with Crippen molar-refractivity contribution in [2.45, 2.75) is 38.8 Å². The first kappa shape index (κ1) is 16.0. The molecule has 1 saturated heterocycles. The number of aryl methyl sites for hydroxylation is 2. The van der Waals surface area contributed by atoms with Gasteiger partial charge in [-0.15, -0.1) is 0 Å². The molecule has 0 spiro atoms. The van der Waals surface area contributed by atoms with E-state index in [9.17, 15) is 4.79 Å². The highest BCUT2D eigenvalue weighted by Gasteiger charge is 2.34. The summed E-state index contributed by atoms with van der Waals surface area (Å²) >= 11 is 0. The molecule has 0 aliphatic carbocycles. The van der Waals surface area contributed by atoms with Crippen LogP contribution in [-0.4, -0.2) is 46.4 Å². The van der Waals surface area contributed by atoms with Gasteiger partial charge in [0.15, 0.2) is 11.5 Å². The fourth-order valence-corrected chi connectivity index (χ4v) is 3.72. The molecule has 2 aromatic rings. The molecule has 4 rings (SSSR count). The maximum Gasteiger partial charge on any atom is 0.267 e. The van der Waals surface area contributed by atoms with Crippen LogP contribution < -0.4 is 9.47 Å². The van der Waals surface area contributed by atoms with Crippen molar-refractivity contribution in [3.8, 4) is 11.5 Å². The Kier molecular flexibility index (Phi) is 4.11. The van der Waals surface area contributed by atoms with Gasteiger partial charge in [0, 0.05) is 18.8 Å². The number of carbonyl (C=O) groups excluding carboxylic acids is 1. The lowest BCUT2D eigenvalue weighted by Crippen LogP contribution is -2.50. The van der Waals surface area contributed by atoms with E-state index < -0.39 is 6.10 Å². The molecule has 25 heavy (non-hydrogen) atoms. The van der Waals surface area contributed by atoms with E-state index in [4.69, 9.17) is 9.47 Å². The molecule has 6 heteroatoms. The third-order valence-electron chi connectivity index (χ3n) is 4.88. The average molecular weight is 341 g/mol. The second kappa shape index (κ2) is 6.43. The van der Waals surface area contributed by atoms with Gasteiger partial charge < -0.3 is 14.4 Å². The molecule has 1 aromatic carbocycles. The Morgan fingerprint density at radius 1 is 1.24 bits per heavy atom. The highest BCUT2D eigenvalue weighted by Crippen LogP contribution is 2.32. The minimum Gasteiger partial charge on any atom is -0.485 e. The number of ether oxygens (including phenoxy) is 2. The van der Waals surface area contributed by atoms with Gasteiger partial charge in [-0.3, -0.25) is 9.48 Å². The van der Waals surface area contributed by atoms with Crippen molar-refractivity contribution >= 4 is 5.91 Å². The summed E-state index contributed by atoms with van der Waals surface area (Å²) in [5.74, 6) is 1.34. The molecule has 6 nitrogen and oxygen atoms in total. The SMILES string of the molecule is Cc1cc(C)n([C@@H]2CCCN(C(=O)[C@@H]3COc4ccccc4O3)C2)n1. The third-order valence-corrected chi connectivity index (χ3v) is 4.88. The quantitative estimate of drug-likeness (QED) is 0.842. The van der Waals surface area contributed by atoms with Crippen molar-refractivity contribution < 1.29 is 14.3 Å². The van der Waals surface area contributed by atoms with Crippen LogP contribution in [-0.2, 0) is 4.79 Å². The predicted molar refractivity (Wildman–Crippen MR) is 92.9 cm³/mol. The number of hydrogen-bond acceptors (Lipinski definition) is 4. The zero-order chi connectivity index (χ0) is 17.4. The monoisotopic (exact) mass is 341 g/mol. The van der Waals surface area contributed by atoms with Gasteiger partial charge in [-0.05, 0) is 44.9 Å². The summed E-state index contributed by atoms with van der Waals surface area (Å²) in [7, 11) is 0. The average Bonchev–Trinajstić information content (AvgIpc) is 2.99. The number of rotatable bonds is 2. The summed E-state index contributed by atoms with van der Waals surface area (Å²) in [6.07, 6.45) is 1.43. The van der Waals surface area contributed by atoms with E-state index in [-0.39, 0.29) is 18.6 Å². The number of aromatic nitrogens is 2. The fourth-order valence-electron chi connectivity index (χ4n) is 3.72. The van der Waals surface area contributed by atoms with E-state index in [0.29, 0.717) is 18.0 Å². The molecule has 2 aliphatic rings. The van der Waals surface area contributed by atoms with Crippen LogP contribution in [0.2, 0.25) is 0 Å². The minimum atomic E-state index is -0.575. The summed E-state index contributed by atoms with van der Waals surface area (Å²) < 4.78 is 13.6. The van der Waals surface area contributed by atoms with E-state index in [1.54, 1.807) is 0 Å². The maximum absolute atomic E-state index is 12.9. The molecule has 1 amide bonds. The molecule has 0 unspecified atom stereocenters. The highest BCUT2D eigenvalue weighted by atomic mass is 16.6. The van der Waals surface area contributed by atoms with Crippen LogP contribution in [0.25, 0.3) is 0 Å². The normalized spacial score (nSPS) is 22.7. The number of amides is 1. The number of likely N-dealkylation sites (tertiary alicyclic amines) is 1. The molecule has 1 aromatic heterocycles. The molecule has 0 bridgehead atoms. The summed E-state index contributed by atoms with van der Waals surface area (Å²) in [4.78, 5) is 14.8. The van der Waals surface area contributed by atoms with Gasteiger partial charge in [-0.1, -0.05) is 12.1 Å². The number of nitrogens with zero attached hydrogens (tertiary/aromatic N) is 3. The van der Waals surface area contributed by atoms with Crippen molar-refractivity contribution in [1.29, 1.82) is 0 Å². The molecular formula is C19H23N3O3. The Bertz CT molecular complexity index is 786. The Balaban J connectivity index is 1.46. The van der Waals surface area contributed by atoms with Crippen LogP contribution in [0, 0.1) is 13.8 Å². The lowest BCUT2D eigenvalue weighted by atomic mass is 10.0. The van der Waals surface area contributed by atoms with Crippen molar-refractivity contribution in [3.63, 3.8) is 0 Å². The molecule has 0 saturated carbocycles. The molecule has 1 fully saturated rings. The van der Waals surface area contributed by atoms with Crippen LogP contribution in [0.1, 0.15) is 30.3 Å². The van der Waals surface area contributed by atoms with Crippen molar-refractivity contribution in [2.24, 2.45) is 0 Å². The number of fused-ring (bicyclic) bond motifs is 1. The number of piperidine rings is 1. The number of carbonyl (C=O) groups is 1. The second-order valence-corrected chi connectivity index (χ2v) is 6.82. The zero-order valence-corrected chi connectivity index (χ0v) is 14.6. The molecule has 0 radical (unpaired) electrons. The van der Waals surface area contributed by atoms with Gasteiger partial charge in [0.25, 0.3) is 5.91 Å². The summed E-state index contributed by atoms with van der Waals surface area (Å²) in [5, 5.41) is 4.59. The van der Waals surface area contributed by atoms with Crippen LogP contribution in [0.5, 0.6) is 11.5 Å². The van der Waals surface area contributed by atoms with Crippen molar-refractivity contribution in [2.75, 3.05) is 19.7 Å².